The van der Waals surface area contributed by atoms with Gasteiger partial charge >= 0.3 is 11.8 Å². The fraction of sp³-hybridized carbons (Fsp3) is 0.325. The van der Waals surface area contributed by atoms with Crippen molar-refractivity contribution in [1.82, 2.24) is 0 Å². The number of carboxylic acid groups (broad SMARTS) is 1. The van der Waals surface area contributed by atoms with Crippen molar-refractivity contribution in [3.05, 3.63) is 89.0 Å². The number of aromatic hydroxyl groups is 2. The average Bonchev–Trinajstić information content (AvgIpc) is 3.85. The molecule has 7 rings (SSSR count). The number of allylic oxidation sites excluding steroid dienone is 1. The highest BCUT2D eigenvalue weighted by Crippen LogP contribution is 2.51. The normalized spacial score (nSPS) is 24.9. The number of phenols is 2. The number of nitrogens with zero attached hydrogens (tertiary/aromatic N) is 3. The molecule has 4 aliphatic rings. The van der Waals surface area contributed by atoms with Crippen molar-refractivity contribution in [2.45, 2.75) is 69.1 Å². The van der Waals surface area contributed by atoms with Gasteiger partial charge in [0, 0.05) is 36.8 Å². The van der Waals surface area contributed by atoms with Crippen LogP contribution in [0.5, 0.6) is 34.5 Å². The number of ether oxygens (including phenoxy) is 5. The number of aliphatic hydroxyl groups excluding tert-OH is 3. The topological polar surface area (TPSA) is 267 Å². The number of benzene rings is 3. The van der Waals surface area contributed by atoms with Crippen LogP contribution in [-0.2, 0) is 22.6 Å². The molecule has 57 heavy (non-hydrogen) atoms. The highest BCUT2D eigenvalue weighted by atomic mass is 16.7. The Morgan fingerprint density at radius 3 is 2.49 bits per heavy atom. The first-order valence-corrected chi connectivity index (χ1v) is 18.0. The lowest BCUT2D eigenvalue weighted by molar-refractivity contribution is -0.303. The number of rotatable bonds is 14. The van der Waals surface area contributed by atoms with Gasteiger partial charge in [0.1, 0.15) is 65.4 Å². The number of fused-ring (bicyclic) bond motifs is 1. The van der Waals surface area contributed by atoms with E-state index < -0.39 is 54.4 Å². The maximum absolute atomic E-state index is 12.4. The third kappa shape index (κ3) is 8.17. The van der Waals surface area contributed by atoms with Gasteiger partial charge in [0.2, 0.25) is 12.0 Å². The second-order valence-corrected chi connectivity index (χ2v) is 13.8. The van der Waals surface area contributed by atoms with E-state index in [9.17, 15) is 40.5 Å². The lowest BCUT2D eigenvalue weighted by Gasteiger charge is -2.46. The molecule has 6 unspecified atom stereocenters. The SMILES string of the molecule is CCc1cc(O)cc(COc2c(OC3OC(C(=O)O)C(O)(CC4=NC=NC4)C(O)C3O)cc3c(c2O)C(O)=CC(c2ccc(OCCC4=NC(=[NH2+])C=C4)cc2)O3)c1. The van der Waals surface area contributed by atoms with Crippen LogP contribution in [0.15, 0.2) is 81.7 Å². The Morgan fingerprint density at radius 1 is 1.04 bits per heavy atom. The molecule has 4 aliphatic heterocycles. The standard InChI is InChI=1S/C40H40N4O13/c1-2-20-11-21(13-25(45)12-20)18-54-35-30(56-39-34(48)36(49)40(52,37(57-39)38(50)51)16-24-17-42-19-43-24)15-29-32(33(35)47)27(46)14-28(55-29)22-3-6-26(7-4-22)53-10-9-23-5-8-31(41)44-23/h3-8,11-15,19,28,34,36-37,39,41,45-49,52H,2,9-10,16-18H2,1H3,(H,50,51)/p+1. The smallest absolute Gasteiger partial charge is 0.336 e. The molecular weight excluding hydrogens is 744 g/mol. The minimum absolute atomic E-state index is 0.0189. The summed E-state index contributed by atoms with van der Waals surface area (Å²) in [5, 5.41) is 82.8. The van der Waals surface area contributed by atoms with Crippen LogP contribution < -0.4 is 24.4 Å². The predicted octanol–water partition coefficient (Wildman–Crippen LogP) is 1.72. The van der Waals surface area contributed by atoms with Crippen molar-refractivity contribution in [3.8, 4) is 34.5 Å². The molecule has 0 spiro atoms. The molecule has 0 aliphatic carbocycles. The number of aliphatic imine (C=N–C) groups is 3. The van der Waals surface area contributed by atoms with E-state index in [1.807, 2.05) is 13.0 Å². The Balaban J connectivity index is 1.17. The molecule has 17 heteroatoms. The number of aliphatic hydroxyl groups is 4. The molecule has 298 valence electrons. The van der Waals surface area contributed by atoms with Crippen molar-refractivity contribution in [1.29, 1.82) is 0 Å². The van der Waals surface area contributed by atoms with Gasteiger partial charge in [-0.2, -0.15) is 0 Å². The Labute approximate surface area is 325 Å². The molecular formula is C40H41N4O13+. The average molecular weight is 786 g/mol. The summed E-state index contributed by atoms with van der Waals surface area (Å²) in [6.45, 7) is 2.07. The minimum Gasteiger partial charge on any atom is -0.508 e. The molecule has 3 aromatic rings. The molecule has 1 fully saturated rings. The first kappa shape index (κ1) is 39.0. The zero-order chi connectivity index (χ0) is 40.4. The molecule has 0 bridgehead atoms. The number of nitrogens with two attached hydrogens (primary N) is 1. The Bertz CT molecular complexity index is 2220. The summed E-state index contributed by atoms with van der Waals surface area (Å²) in [5.41, 5.74) is 0.259. The molecule has 0 amide bonds. The Hall–Kier alpha value is -6.27. The summed E-state index contributed by atoms with van der Waals surface area (Å²) in [7, 11) is 0. The summed E-state index contributed by atoms with van der Waals surface area (Å²) in [5.74, 6) is -2.52. The van der Waals surface area contributed by atoms with E-state index in [-0.39, 0.29) is 53.2 Å². The maximum atomic E-state index is 12.4. The number of carbonyl (C=O) groups is 1. The van der Waals surface area contributed by atoms with Gasteiger partial charge in [-0.1, -0.05) is 25.1 Å². The minimum atomic E-state index is -2.54. The van der Waals surface area contributed by atoms with Gasteiger partial charge in [-0.05, 0) is 58.4 Å². The van der Waals surface area contributed by atoms with Gasteiger partial charge in [-0.25, -0.2) is 9.79 Å². The van der Waals surface area contributed by atoms with Gasteiger partial charge in [-0.15, -0.1) is 0 Å². The van der Waals surface area contributed by atoms with E-state index in [4.69, 9.17) is 29.1 Å². The van der Waals surface area contributed by atoms with Crippen molar-refractivity contribution >= 4 is 35.3 Å². The number of hydrogen-bond donors (Lipinski definition) is 8. The summed E-state index contributed by atoms with van der Waals surface area (Å²) >= 11 is 0. The highest BCUT2D eigenvalue weighted by molar-refractivity contribution is 6.13. The van der Waals surface area contributed by atoms with Crippen LogP contribution in [-0.4, -0.2) is 109 Å². The molecule has 0 radical (unpaired) electrons. The molecule has 17 nitrogen and oxygen atoms in total. The third-order valence-corrected chi connectivity index (χ3v) is 9.78. The monoisotopic (exact) mass is 785 g/mol. The van der Waals surface area contributed by atoms with Crippen LogP contribution in [0.2, 0.25) is 0 Å². The quantitative estimate of drug-likeness (QED) is 0.116. The first-order chi connectivity index (χ1) is 27.3. The molecule has 4 heterocycles. The molecule has 0 aromatic heterocycles. The van der Waals surface area contributed by atoms with Crippen molar-refractivity contribution in [2.75, 3.05) is 13.2 Å². The van der Waals surface area contributed by atoms with Crippen LogP contribution in [0.1, 0.15) is 48.1 Å². The number of hydrogen-bond acceptors (Lipinski definition) is 14. The van der Waals surface area contributed by atoms with Gasteiger partial charge in [0.15, 0.2) is 23.3 Å². The fourth-order valence-corrected chi connectivity index (χ4v) is 6.87. The summed E-state index contributed by atoms with van der Waals surface area (Å²) < 4.78 is 29.7. The van der Waals surface area contributed by atoms with E-state index in [0.717, 1.165) is 11.3 Å². The first-order valence-electron chi connectivity index (χ1n) is 18.0. The zero-order valence-corrected chi connectivity index (χ0v) is 30.6. The van der Waals surface area contributed by atoms with Gasteiger partial charge in [-0.3, -0.25) is 10.4 Å². The van der Waals surface area contributed by atoms with Crippen molar-refractivity contribution in [3.63, 3.8) is 0 Å². The summed E-state index contributed by atoms with van der Waals surface area (Å²) in [4.78, 5) is 24.5. The van der Waals surface area contributed by atoms with E-state index in [2.05, 4.69) is 15.0 Å². The number of phenolic OH excluding ortho intramolecular Hbond substituents is 2. The largest absolute Gasteiger partial charge is 0.508 e. The number of aryl methyl sites for hydroxylation is 1. The molecule has 6 atom stereocenters. The van der Waals surface area contributed by atoms with Crippen LogP contribution in [0.3, 0.4) is 0 Å². The Morgan fingerprint density at radius 2 is 1.81 bits per heavy atom. The van der Waals surface area contributed by atoms with Gasteiger partial charge < -0.3 is 59.4 Å². The van der Waals surface area contributed by atoms with Gasteiger partial charge in [0.25, 0.3) is 0 Å². The maximum Gasteiger partial charge on any atom is 0.336 e. The second-order valence-electron chi connectivity index (χ2n) is 13.8. The van der Waals surface area contributed by atoms with E-state index in [1.165, 1.54) is 24.5 Å². The van der Waals surface area contributed by atoms with Gasteiger partial charge in [0.05, 0.1) is 13.2 Å². The van der Waals surface area contributed by atoms with Crippen molar-refractivity contribution in [2.24, 2.45) is 15.0 Å². The second kappa shape index (κ2) is 16.1. The van der Waals surface area contributed by atoms with Crippen LogP contribution in [0.4, 0.5) is 0 Å². The van der Waals surface area contributed by atoms with Crippen LogP contribution in [0.25, 0.3) is 5.76 Å². The van der Waals surface area contributed by atoms with Crippen LogP contribution >= 0.6 is 0 Å². The Kier molecular flexibility index (Phi) is 11.0. The zero-order valence-electron chi connectivity index (χ0n) is 30.6. The van der Waals surface area contributed by atoms with Crippen molar-refractivity contribution < 1.29 is 69.6 Å². The third-order valence-electron chi connectivity index (χ3n) is 9.78. The molecule has 0 saturated carbocycles. The lowest BCUT2D eigenvalue weighted by Crippen LogP contribution is -2.69. The molecule has 3 aromatic carbocycles. The summed E-state index contributed by atoms with van der Waals surface area (Å²) in [6, 6.07) is 13.0. The summed E-state index contributed by atoms with van der Waals surface area (Å²) in [6.07, 6.45) is -2.30. The van der Waals surface area contributed by atoms with E-state index >= 15 is 0 Å². The fourth-order valence-electron chi connectivity index (χ4n) is 6.87. The van der Waals surface area contributed by atoms with E-state index in [1.54, 1.807) is 42.5 Å². The molecule has 9 N–H and O–H groups in total. The van der Waals surface area contributed by atoms with E-state index in [0.29, 0.717) is 42.2 Å². The van der Waals surface area contributed by atoms with Crippen LogP contribution in [0, 0.1) is 0 Å². The predicted molar refractivity (Wildman–Crippen MR) is 203 cm³/mol. The number of amidine groups is 1. The molecule has 1 saturated heterocycles. The lowest BCUT2D eigenvalue weighted by atomic mass is 9.80. The number of carboxylic acids is 1. The number of aliphatic carboxylic acids is 1. The highest BCUT2D eigenvalue weighted by Gasteiger charge is 2.59.